The van der Waals surface area contributed by atoms with E-state index in [0.717, 1.165) is 0 Å². The van der Waals surface area contributed by atoms with Crippen LogP contribution in [0, 0.1) is 0 Å². The molecule has 7 heteroatoms. The Morgan fingerprint density at radius 1 is 1.33 bits per heavy atom. The maximum Gasteiger partial charge on any atom is 0.508 e. The van der Waals surface area contributed by atoms with Crippen LogP contribution in [-0.2, 0) is 14.2 Å². The first-order valence-corrected chi connectivity index (χ1v) is 5.54. The first kappa shape index (κ1) is 14.0. The molecule has 0 N–H and O–H groups in total. The molecule has 1 aliphatic rings. The number of ether oxygens (including phenoxy) is 3. The summed E-state index contributed by atoms with van der Waals surface area (Å²) in [6.07, 6.45) is 3.05. The van der Waals surface area contributed by atoms with E-state index in [4.69, 9.17) is 9.47 Å². The van der Waals surface area contributed by atoms with Gasteiger partial charge in [0.05, 0.1) is 12.6 Å². The summed E-state index contributed by atoms with van der Waals surface area (Å²) < 4.78 is 14.3. The normalized spacial score (nSPS) is 13.6. The van der Waals surface area contributed by atoms with Gasteiger partial charge in [-0.1, -0.05) is 0 Å². The van der Waals surface area contributed by atoms with E-state index in [1.54, 1.807) is 20.1 Å². The van der Waals surface area contributed by atoms with Gasteiger partial charge in [-0.3, -0.25) is 9.89 Å². The molecule has 0 aromatic carbocycles. The second-order valence-corrected chi connectivity index (χ2v) is 3.66. The van der Waals surface area contributed by atoms with Gasteiger partial charge < -0.3 is 14.2 Å². The van der Waals surface area contributed by atoms with Gasteiger partial charge in [0.1, 0.15) is 13.2 Å². The Labute approximate surface area is 105 Å². The van der Waals surface area contributed by atoms with E-state index < -0.39 is 12.2 Å². The molecule has 0 atom stereocenters. The largest absolute Gasteiger partial charge is 0.508 e. The molecule has 0 radical (unpaired) electrons. The lowest BCUT2D eigenvalue weighted by Gasteiger charge is -2.17. The third-order valence-electron chi connectivity index (χ3n) is 1.81. The van der Waals surface area contributed by atoms with Gasteiger partial charge in [-0.15, -0.1) is 0 Å². The van der Waals surface area contributed by atoms with Crippen molar-refractivity contribution in [1.82, 2.24) is 4.90 Å². The summed E-state index contributed by atoms with van der Waals surface area (Å²) in [6, 6.07) is 0. The molecule has 0 aliphatic carbocycles. The van der Waals surface area contributed by atoms with Crippen molar-refractivity contribution in [2.75, 3.05) is 19.8 Å². The Balaban J connectivity index is 2.10. The molecule has 1 heterocycles. The topological polar surface area (TPSA) is 77.4 Å². The van der Waals surface area contributed by atoms with E-state index in [2.05, 4.69) is 9.73 Å². The maximum atomic E-state index is 11.4. The molecule has 0 spiro atoms. The summed E-state index contributed by atoms with van der Waals surface area (Å²) in [7, 11) is 0. The van der Waals surface area contributed by atoms with Crippen LogP contribution in [0.25, 0.3) is 0 Å². The van der Waals surface area contributed by atoms with Gasteiger partial charge in [-0.05, 0) is 13.8 Å². The molecule has 0 saturated carbocycles. The number of rotatable bonds is 4. The zero-order chi connectivity index (χ0) is 13.4. The van der Waals surface area contributed by atoms with Crippen molar-refractivity contribution >= 4 is 18.5 Å². The zero-order valence-electron chi connectivity index (χ0n) is 10.4. The third kappa shape index (κ3) is 5.33. The Hall–Kier alpha value is -2.05. The van der Waals surface area contributed by atoms with Crippen LogP contribution in [0.15, 0.2) is 17.4 Å². The van der Waals surface area contributed by atoms with Crippen LogP contribution in [-0.4, -0.2) is 49.2 Å². The molecule has 7 nitrogen and oxygen atoms in total. The van der Waals surface area contributed by atoms with Crippen LogP contribution >= 0.6 is 0 Å². The van der Waals surface area contributed by atoms with Crippen LogP contribution in [0.5, 0.6) is 0 Å². The van der Waals surface area contributed by atoms with E-state index in [-0.39, 0.29) is 19.3 Å². The molecule has 0 aromatic heterocycles. The number of amides is 1. The minimum Gasteiger partial charge on any atom is -0.446 e. The second-order valence-electron chi connectivity index (χ2n) is 3.66. The lowest BCUT2D eigenvalue weighted by molar-refractivity contribution is 0.0199. The number of carbonyl (C=O) groups excluding carboxylic acids is 2. The van der Waals surface area contributed by atoms with Gasteiger partial charge in [0, 0.05) is 18.6 Å². The predicted molar refractivity (Wildman–Crippen MR) is 63.3 cm³/mol. The number of hydrogen-bond donors (Lipinski definition) is 0. The van der Waals surface area contributed by atoms with Crippen LogP contribution in [0.1, 0.15) is 13.8 Å². The second kappa shape index (κ2) is 7.31. The number of aliphatic imine (C=N–C) groups is 1. The highest BCUT2D eigenvalue weighted by Gasteiger charge is 2.13. The summed E-state index contributed by atoms with van der Waals surface area (Å²) in [5.74, 6) is 0. The van der Waals surface area contributed by atoms with E-state index in [0.29, 0.717) is 6.54 Å². The maximum absolute atomic E-state index is 11.4. The van der Waals surface area contributed by atoms with E-state index in [9.17, 15) is 9.59 Å². The Morgan fingerprint density at radius 2 is 2.06 bits per heavy atom. The average Bonchev–Trinajstić information content (AvgIpc) is 2.34. The molecule has 0 saturated heterocycles. The highest BCUT2D eigenvalue weighted by Crippen LogP contribution is 1.99. The van der Waals surface area contributed by atoms with Crippen molar-refractivity contribution < 1.29 is 23.8 Å². The number of carbonyl (C=O) groups is 2. The number of nitrogens with zero attached hydrogens (tertiary/aromatic N) is 2. The molecule has 0 aromatic rings. The minimum atomic E-state index is -0.772. The average molecular weight is 256 g/mol. The van der Waals surface area contributed by atoms with Crippen LogP contribution in [0.2, 0.25) is 0 Å². The van der Waals surface area contributed by atoms with Crippen molar-refractivity contribution in [2.45, 2.75) is 20.0 Å². The summed E-state index contributed by atoms with van der Waals surface area (Å²) in [5.41, 5.74) is 0. The Morgan fingerprint density at radius 3 is 2.67 bits per heavy atom. The van der Waals surface area contributed by atoms with Crippen molar-refractivity contribution in [3.63, 3.8) is 0 Å². The Bertz CT molecular complexity index is 351. The fraction of sp³-hybridized carbons (Fsp3) is 0.545. The van der Waals surface area contributed by atoms with Crippen molar-refractivity contribution in [3.05, 3.63) is 12.4 Å². The molecule has 1 rings (SSSR count). The fourth-order valence-corrected chi connectivity index (χ4v) is 1.07. The first-order valence-electron chi connectivity index (χ1n) is 5.54. The molecule has 0 unspecified atom stereocenters. The van der Waals surface area contributed by atoms with Crippen LogP contribution in [0.4, 0.5) is 9.59 Å². The smallest absolute Gasteiger partial charge is 0.446 e. The van der Waals surface area contributed by atoms with Gasteiger partial charge in [-0.25, -0.2) is 9.59 Å². The highest BCUT2D eigenvalue weighted by atomic mass is 16.7. The summed E-state index contributed by atoms with van der Waals surface area (Å²) in [4.78, 5) is 27.6. The Kier molecular flexibility index (Phi) is 5.69. The molecular weight excluding hydrogens is 240 g/mol. The monoisotopic (exact) mass is 256 g/mol. The molecular formula is C11H16N2O5. The molecule has 18 heavy (non-hydrogen) atoms. The molecule has 1 amide bonds. The van der Waals surface area contributed by atoms with Crippen molar-refractivity contribution in [1.29, 1.82) is 0 Å². The van der Waals surface area contributed by atoms with Gasteiger partial charge in [0.15, 0.2) is 0 Å². The number of hydrogen-bond acceptors (Lipinski definition) is 6. The lowest BCUT2D eigenvalue weighted by Crippen LogP contribution is -2.30. The predicted octanol–water partition coefficient (Wildman–Crippen LogP) is 1.54. The molecule has 0 fully saturated rings. The van der Waals surface area contributed by atoms with Crippen molar-refractivity contribution in [2.24, 2.45) is 4.99 Å². The zero-order valence-corrected chi connectivity index (χ0v) is 10.4. The minimum absolute atomic E-state index is 0.0203. The standard InChI is InChI=1S/C11H16N2O5/c1-9(2)18-11(15)17-8-7-16-10(14)13-5-3-12-4-6-13/h3-5,9H,6-8H2,1-2H3. The fourth-order valence-electron chi connectivity index (χ4n) is 1.07. The van der Waals surface area contributed by atoms with E-state index in [1.807, 2.05) is 0 Å². The third-order valence-corrected chi connectivity index (χ3v) is 1.81. The van der Waals surface area contributed by atoms with Crippen LogP contribution < -0.4 is 0 Å². The molecule has 100 valence electrons. The lowest BCUT2D eigenvalue weighted by atomic mass is 10.5. The van der Waals surface area contributed by atoms with Gasteiger partial charge in [0.2, 0.25) is 0 Å². The van der Waals surface area contributed by atoms with E-state index in [1.165, 1.54) is 17.3 Å². The van der Waals surface area contributed by atoms with Gasteiger partial charge >= 0.3 is 12.2 Å². The highest BCUT2D eigenvalue weighted by molar-refractivity contribution is 5.75. The SMILES string of the molecule is CC(C)OC(=O)OCCOC(=O)N1C=CN=CC1. The summed E-state index contributed by atoms with van der Waals surface area (Å²) >= 11 is 0. The molecule has 1 aliphatic heterocycles. The molecule has 0 bridgehead atoms. The summed E-state index contributed by atoms with van der Waals surface area (Å²) in [6.45, 7) is 3.74. The van der Waals surface area contributed by atoms with Crippen LogP contribution in [0.3, 0.4) is 0 Å². The van der Waals surface area contributed by atoms with Gasteiger partial charge in [-0.2, -0.15) is 0 Å². The van der Waals surface area contributed by atoms with E-state index >= 15 is 0 Å². The summed E-state index contributed by atoms with van der Waals surface area (Å²) in [5, 5.41) is 0. The first-order chi connectivity index (χ1) is 8.59. The van der Waals surface area contributed by atoms with Crippen molar-refractivity contribution in [3.8, 4) is 0 Å². The quantitative estimate of drug-likeness (QED) is 0.563. The van der Waals surface area contributed by atoms with Gasteiger partial charge in [0.25, 0.3) is 0 Å².